The first-order valence-corrected chi connectivity index (χ1v) is 10.8. The first-order valence-electron chi connectivity index (χ1n) is 10.8. The van der Waals surface area contributed by atoms with Gasteiger partial charge in [-0.1, -0.05) is 31.5 Å². The Morgan fingerprint density at radius 2 is 1.61 bits per heavy atom. The van der Waals surface area contributed by atoms with Gasteiger partial charge in [0.25, 0.3) is 5.91 Å². The molecule has 0 radical (unpaired) electrons. The Kier molecular flexibility index (Phi) is 8.28. The number of Topliss-reactive ketones (excluding diaryl/α,β-unsaturated/α-hetero) is 1. The minimum absolute atomic E-state index is 0.0969. The molecule has 0 aliphatic carbocycles. The number of benzene rings is 1. The maximum atomic E-state index is 13.5. The zero-order valence-electron chi connectivity index (χ0n) is 18.3. The highest BCUT2D eigenvalue weighted by atomic mass is 16.2. The molecule has 4 heteroatoms. The lowest BCUT2D eigenvalue weighted by molar-refractivity contribution is -0.130. The molecule has 154 valence electrons. The molecule has 0 spiro atoms. The third kappa shape index (κ3) is 5.24. The van der Waals surface area contributed by atoms with Crippen LogP contribution in [-0.2, 0) is 9.59 Å². The Morgan fingerprint density at radius 1 is 1.00 bits per heavy atom. The van der Waals surface area contributed by atoms with Crippen LogP contribution in [-0.4, -0.2) is 47.7 Å². The van der Waals surface area contributed by atoms with E-state index < -0.39 is 0 Å². The molecule has 4 nitrogen and oxygen atoms in total. The molecule has 2 rings (SSSR count). The Morgan fingerprint density at radius 3 is 2.14 bits per heavy atom. The van der Waals surface area contributed by atoms with Crippen molar-refractivity contribution in [2.75, 3.05) is 26.2 Å². The van der Waals surface area contributed by atoms with Crippen LogP contribution in [0.15, 0.2) is 23.8 Å². The van der Waals surface area contributed by atoms with Gasteiger partial charge < -0.3 is 9.80 Å². The van der Waals surface area contributed by atoms with Crippen molar-refractivity contribution in [2.45, 2.75) is 66.7 Å². The fourth-order valence-corrected chi connectivity index (χ4v) is 4.00. The highest BCUT2D eigenvalue weighted by molar-refractivity contribution is 6.23. The summed E-state index contributed by atoms with van der Waals surface area (Å²) in [4.78, 5) is 30.4. The summed E-state index contributed by atoms with van der Waals surface area (Å²) in [5.41, 5.74) is 4.44. The molecule has 1 aliphatic rings. The third-order valence-corrected chi connectivity index (χ3v) is 5.40. The Hall–Kier alpha value is -2.10. The minimum atomic E-state index is -0.135. The number of amides is 1. The highest BCUT2D eigenvalue weighted by Gasteiger charge is 2.29. The molecular weight excluding hydrogens is 348 g/mol. The molecule has 1 aromatic carbocycles. The van der Waals surface area contributed by atoms with Gasteiger partial charge >= 0.3 is 0 Å². The summed E-state index contributed by atoms with van der Waals surface area (Å²) in [6, 6.07) is 6.29. The molecule has 1 heterocycles. The van der Waals surface area contributed by atoms with E-state index in [1.807, 2.05) is 4.90 Å². The summed E-state index contributed by atoms with van der Waals surface area (Å²) >= 11 is 0. The van der Waals surface area contributed by atoms with Gasteiger partial charge in [-0.3, -0.25) is 9.59 Å². The third-order valence-electron chi connectivity index (χ3n) is 5.40. The van der Waals surface area contributed by atoms with Gasteiger partial charge in [0.2, 0.25) is 0 Å². The molecule has 1 fully saturated rings. The fraction of sp³-hybridized carbons (Fsp3) is 0.583. The second kappa shape index (κ2) is 10.4. The predicted molar refractivity (Wildman–Crippen MR) is 116 cm³/mol. The van der Waals surface area contributed by atoms with Crippen LogP contribution in [0.25, 0.3) is 5.70 Å². The van der Waals surface area contributed by atoms with Gasteiger partial charge in [0.1, 0.15) is 5.57 Å². The number of hydrogen-bond acceptors (Lipinski definition) is 3. The molecule has 28 heavy (non-hydrogen) atoms. The van der Waals surface area contributed by atoms with Crippen LogP contribution in [0, 0.1) is 13.8 Å². The van der Waals surface area contributed by atoms with Crippen molar-refractivity contribution in [3.05, 3.63) is 40.5 Å². The van der Waals surface area contributed by atoms with Crippen LogP contribution in [0.3, 0.4) is 0 Å². The molecule has 0 bridgehead atoms. The van der Waals surface area contributed by atoms with Crippen molar-refractivity contribution in [3.63, 3.8) is 0 Å². The SMILES string of the molecule is CCCN(CCC)/C(=C(/C(C)=O)C(=O)N1CCCCC1)c1cc(C)ccc1C. The zero-order valence-corrected chi connectivity index (χ0v) is 18.3. The standard InChI is InChI=1S/C24H36N2O2/c1-6-13-25(14-7-2)23(21-17-18(3)11-12-19(21)4)22(20(5)27)24(28)26-15-9-8-10-16-26/h11-12,17H,6-10,13-16H2,1-5H3/b23-22-. The molecule has 0 N–H and O–H groups in total. The number of carbonyl (C=O) groups excluding carboxylic acids is 2. The van der Waals surface area contributed by atoms with Gasteiger partial charge in [-0.25, -0.2) is 0 Å². The Balaban J connectivity index is 2.70. The summed E-state index contributed by atoms with van der Waals surface area (Å²) in [6.45, 7) is 13.1. The van der Waals surface area contributed by atoms with Gasteiger partial charge in [-0.05, 0) is 64.5 Å². The number of piperidine rings is 1. The smallest absolute Gasteiger partial charge is 0.259 e. The Labute approximate surface area is 170 Å². The van der Waals surface area contributed by atoms with E-state index in [1.165, 1.54) is 0 Å². The number of carbonyl (C=O) groups is 2. The van der Waals surface area contributed by atoms with Crippen LogP contribution in [0.2, 0.25) is 0 Å². The lowest BCUT2D eigenvalue weighted by Crippen LogP contribution is -2.40. The van der Waals surface area contributed by atoms with Gasteiger partial charge in [0.15, 0.2) is 5.78 Å². The van der Waals surface area contributed by atoms with Crippen molar-refractivity contribution >= 4 is 17.4 Å². The first kappa shape index (κ1) is 22.2. The molecule has 1 aromatic rings. The van der Waals surface area contributed by atoms with Crippen LogP contribution in [0.5, 0.6) is 0 Å². The quantitative estimate of drug-likeness (QED) is 0.369. The van der Waals surface area contributed by atoms with E-state index in [0.29, 0.717) is 5.57 Å². The molecule has 0 saturated carbocycles. The second-order valence-electron chi connectivity index (χ2n) is 7.94. The van der Waals surface area contributed by atoms with Crippen molar-refractivity contribution in [1.29, 1.82) is 0 Å². The Bertz CT molecular complexity index is 724. The topological polar surface area (TPSA) is 40.6 Å². The summed E-state index contributed by atoms with van der Waals surface area (Å²) < 4.78 is 0. The molecule has 1 saturated heterocycles. The summed E-state index contributed by atoms with van der Waals surface area (Å²) in [7, 11) is 0. The van der Waals surface area contributed by atoms with E-state index in [0.717, 1.165) is 80.7 Å². The lowest BCUT2D eigenvalue weighted by atomic mass is 9.95. The van der Waals surface area contributed by atoms with E-state index in [9.17, 15) is 9.59 Å². The van der Waals surface area contributed by atoms with Crippen LogP contribution in [0.4, 0.5) is 0 Å². The first-order chi connectivity index (χ1) is 13.4. The number of hydrogen-bond donors (Lipinski definition) is 0. The van der Waals surface area contributed by atoms with E-state index in [-0.39, 0.29) is 11.7 Å². The molecule has 1 aliphatic heterocycles. The largest absolute Gasteiger partial charge is 0.370 e. The van der Waals surface area contributed by atoms with E-state index in [4.69, 9.17) is 0 Å². The number of ketones is 1. The predicted octanol–water partition coefficient (Wildman–Crippen LogP) is 4.74. The van der Waals surface area contributed by atoms with E-state index >= 15 is 0 Å². The highest BCUT2D eigenvalue weighted by Crippen LogP contribution is 2.30. The van der Waals surface area contributed by atoms with Crippen molar-refractivity contribution < 1.29 is 9.59 Å². The summed E-state index contributed by atoms with van der Waals surface area (Å²) in [6.07, 6.45) is 5.13. The maximum Gasteiger partial charge on any atom is 0.259 e. The second-order valence-corrected chi connectivity index (χ2v) is 7.94. The lowest BCUT2D eigenvalue weighted by Gasteiger charge is -2.33. The van der Waals surface area contributed by atoms with Crippen molar-refractivity contribution in [1.82, 2.24) is 9.80 Å². The normalized spacial score (nSPS) is 15.2. The molecule has 0 unspecified atom stereocenters. The fourth-order valence-electron chi connectivity index (χ4n) is 4.00. The van der Waals surface area contributed by atoms with Gasteiger partial charge in [0.05, 0.1) is 5.70 Å². The van der Waals surface area contributed by atoms with Gasteiger partial charge in [0, 0.05) is 31.7 Å². The monoisotopic (exact) mass is 384 g/mol. The zero-order chi connectivity index (χ0) is 20.7. The van der Waals surface area contributed by atoms with Crippen molar-refractivity contribution in [2.24, 2.45) is 0 Å². The van der Waals surface area contributed by atoms with Gasteiger partial charge in [-0.15, -0.1) is 0 Å². The summed E-state index contributed by atoms with van der Waals surface area (Å²) in [5, 5.41) is 0. The number of likely N-dealkylation sites (tertiary alicyclic amines) is 1. The van der Waals surface area contributed by atoms with E-state index in [2.05, 4.69) is 50.8 Å². The maximum absolute atomic E-state index is 13.5. The minimum Gasteiger partial charge on any atom is -0.370 e. The average Bonchev–Trinajstić information content (AvgIpc) is 2.68. The number of aryl methyl sites for hydroxylation is 2. The van der Waals surface area contributed by atoms with Crippen LogP contribution in [0.1, 0.15) is 69.6 Å². The number of nitrogens with zero attached hydrogens (tertiary/aromatic N) is 2. The molecule has 0 atom stereocenters. The molecular formula is C24H36N2O2. The van der Waals surface area contributed by atoms with Gasteiger partial charge in [-0.2, -0.15) is 0 Å². The van der Waals surface area contributed by atoms with Crippen LogP contribution < -0.4 is 0 Å². The average molecular weight is 385 g/mol. The molecule has 0 aromatic heterocycles. The van der Waals surface area contributed by atoms with Crippen molar-refractivity contribution in [3.8, 4) is 0 Å². The number of rotatable bonds is 8. The summed E-state index contributed by atoms with van der Waals surface area (Å²) in [5.74, 6) is -0.232. The van der Waals surface area contributed by atoms with Crippen LogP contribution >= 0.6 is 0 Å². The molecule has 1 amide bonds. The van der Waals surface area contributed by atoms with E-state index in [1.54, 1.807) is 6.92 Å².